The van der Waals surface area contributed by atoms with Crippen molar-refractivity contribution in [1.82, 2.24) is 4.90 Å². The summed E-state index contributed by atoms with van der Waals surface area (Å²) in [5.74, 6) is -0.0716. The Labute approximate surface area is 113 Å². The van der Waals surface area contributed by atoms with E-state index in [0.717, 1.165) is 0 Å². The highest BCUT2D eigenvalue weighted by molar-refractivity contribution is 7.80. The lowest BCUT2D eigenvalue weighted by Crippen LogP contribution is -2.37. The fourth-order valence-corrected chi connectivity index (χ4v) is 1.69. The summed E-state index contributed by atoms with van der Waals surface area (Å²) in [5.41, 5.74) is 6.83. The molecule has 1 unspecified atom stereocenters. The largest absolute Gasteiger partial charge is 0.389 e. The molecule has 0 spiro atoms. The molecule has 1 aromatic carbocycles. The molecule has 0 bridgehead atoms. The van der Waals surface area contributed by atoms with Crippen LogP contribution in [0, 0.1) is 0 Å². The predicted molar refractivity (Wildman–Crippen MR) is 75.8 cm³/mol. The highest BCUT2D eigenvalue weighted by Gasteiger charge is 2.17. The molecule has 0 saturated carbocycles. The van der Waals surface area contributed by atoms with Crippen LogP contribution in [0.5, 0.6) is 0 Å². The van der Waals surface area contributed by atoms with Crippen LogP contribution in [0.1, 0.15) is 22.8 Å². The normalized spacial score (nSPS) is 11.9. The van der Waals surface area contributed by atoms with Gasteiger partial charge in [0.05, 0.1) is 12.6 Å². The number of likely N-dealkylation sites (N-methyl/N-ethyl adjacent to an activating group) is 1. The van der Waals surface area contributed by atoms with Gasteiger partial charge in [0.2, 0.25) is 0 Å². The summed E-state index contributed by atoms with van der Waals surface area (Å²) in [6, 6.07) is 7.03. The Kier molecular flexibility index (Phi) is 5.25. The molecular formula is C13H18N2O2S. The van der Waals surface area contributed by atoms with Gasteiger partial charge >= 0.3 is 0 Å². The van der Waals surface area contributed by atoms with Crippen LogP contribution in [0.4, 0.5) is 0 Å². The fraction of sp³-hybridized carbons (Fsp3) is 0.385. The second-order valence-corrected chi connectivity index (χ2v) is 4.61. The smallest absolute Gasteiger partial charge is 0.253 e. The van der Waals surface area contributed by atoms with Crippen molar-refractivity contribution >= 4 is 23.1 Å². The van der Waals surface area contributed by atoms with Gasteiger partial charge in [-0.1, -0.05) is 24.4 Å². The Morgan fingerprint density at radius 2 is 2.11 bits per heavy atom. The molecule has 1 amide bonds. The van der Waals surface area contributed by atoms with Crippen molar-refractivity contribution < 1.29 is 9.53 Å². The third kappa shape index (κ3) is 3.51. The van der Waals surface area contributed by atoms with E-state index >= 15 is 0 Å². The average Bonchev–Trinajstić information content (AvgIpc) is 2.37. The third-order valence-corrected chi connectivity index (χ3v) is 3.02. The van der Waals surface area contributed by atoms with Gasteiger partial charge in [-0.25, -0.2) is 0 Å². The van der Waals surface area contributed by atoms with Gasteiger partial charge < -0.3 is 15.4 Å². The second-order valence-electron chi connectivity index (χ2n) is 4.17. The van der Waals surface area contributed by atoms with Crippen LogP contribution in [-0.2, 0) is 4.74 Å². The molecule has 0 radical (unpaired) electrons. The minimum atomic E-state index is -0.0716. The molecule has 0 aliphatic heterocycles. The molecule has 0 aliphatic rings. The molecule has 98 valence electrons. The lowest BCUT2D eigenvalue weighted by atomic mass is 10.1. The van der Waals surface area contributed by atoms with Crippen molar-refractivity contribution in [2.45, 2.75) is 13.0 Å². The second kappa shape index (κ2) is 6.47. The number of ether oxygens (including phenoxy) is 1. The van der Waals surface area contributed by atoms with Crippen molar-refractivity contribution in [3.8, 4) is 0 Å². The van der Waals surface area contributed by atoms with Crippen molar-refractivity contribution in [2.75, 3.05) is 20.8 Å². The summed E-state index contributed by atoms with van der Waals surface area (Å²) in [5, 5.41) is 0. The maximum absolute atomic E-state index is 12.2. The zero-order chi connectivity index (χ0) is 13.7. The average molecular weight is 266 g/mol. The fourth-order valence-electron chi connectivity index (χ4n) is 1.56. The summed E-state index contributed by atoms with van der Waals surface area (Å²) in [6.07, 6.45) is 0. The Hall–Kier alpha value is -1.46. The number of rotatable bonds is 5. The summed E-state index contributed by atoms with van der Waals surface area (Å²) in [6.45, 7) is 2.43. The van der Waals surface area contributed by atoms with Crippen LogP contribution >= 0.6 is 12.2 Å². The first-order valence-corrected chi connectivity index (χ1v) is 6.04. The van der Waals surface area contributed by atoms with Crippen molar-refractivity contribution in [3.63, 3.8) is 0 Å². The van der Waals surface area contributed by atoms with Gasteiger partial charge in [-0.15, -0.1) is 0 Å². The zero-order valence-corrected chi connectivity index (χ0v) is 11.7. The first-order chi connectivity index (χ1) is 8.47. The first-order valence-electron chi connectivity index (χ1n) is 5.63. The van der Waals surface area contributed by atoms with Gasteiger partial charge in [0.15, 0.2) is 0 Å². The van der Waals surface area contributed by atoms with Crippen LogP contribution in [0.25, 0.3) is 0 Å². The van der Waals surface area contributed by atoms with E-state index < -0.39 is 0 Å². The number of nitrogens with two attached hydrogens (primary N) is 1. The zero-order valence-electron chi connectivity index (χ0n) is 10.8. The minimum Gasteiger partial charge on any atom is -0.389 e. The lowest BCUT2D eigenvalue weighted by Gasteiger charge is -2.24. The topological polar surface area (TPSA) is 55.6 Å². The summed E-state index contributed by atoms with van der Waals surface area (Å²) in [7, 11) is 3.36. The van der Waals surface area contributed by atoms with Crippen LogP contribution < -0.4 is 5.73 Å². The van der Waals surface area contributed by atoms with Crippen LogP contribution in [0.3, 0.4) is 0 Å². The van der Waals surface area contributed by atoms with Gasteiger partial charge in [-0.05, 0) is 19.1 Å². The molecule has 18 heavy (non-hydrogen) atoms. The third-order valence-electron chi connectivity index (χ3n) is 2.78. The quantitative estimate of drug-likeness (QED) is 0.819. The van der Waals surface area contributed by atoms with Gasteiger partial charge in [0.1, 0.15) is 4.99 Å². The van der Waals surface area contributed by atoms with E-state index in [4.69, 9.17) is 22.7 Å². The van der Waals surface area contributed by atoms with E-state index in [-0.39, 0.29) is 16.9 Å². The highest BCUT2D eigenvalue weighted by atomic mass is 32.1. The Morgan fingerprint density at radius 3 is 2.67 bits per heavy atom. The maximum atomic E-state index is 12.2. The van der Waals surface area contributed by atoms with E-state index in [1.165, 1.54) is 0 Å². The van der Waals surface area contributed by atoms with E-state index in [1.54, 1.807) is 43.3 Å². The summed E-state index contributed by atoms with van der Waals surface area (Å²) in [4.78, 5) is 14.2. The van der Waals surface area contributed by atoms with Gasteiger partial charge in [-0.2, -0.15) is 0 Å². The number of thiocarbonyl (C=S) groups is 1. The Balaban J connectivity index is 2.89. The SMILES string of the molecule is COCC(C)N(C)C(=O)c1cccc(C(N)=S)c1. The van der Waals surface area contributed by atoms with Crippen LogP contribution in [-0.4, -0.2) is 42.6 Å². The molecule has 0 aliphatic carbocycles. The molecule has 1 atom stereocenters. The van der Waals surface area contributed by atoms with E-state index in [9.17, 15) is 4.79 Å². The van der Waals surface area contributed by atoms with E-state index in [0.29, 0.717) is 17.7 Å². The molecule has 0 heterocycles. The number of carbonyl (C=O) groups excluding carboxylic acids is 1. The molecule has 1 rings (SSSR count). The highest BCUT2D eigenvalue weighted by Crippen LogP contribution is 2.10. The molecule has 2 N–H and O–H groups in total. The maximum Gasteiger partial charge on any atom is 0.253 e. The number of benzene rings is 1. The standard InChI is InChI=1S/C13H18N2O2S/c1-9(8-17-3)15(2)13(16)11-6-4-5-10(7-11)12(14)18/h4-7,9H,8H2,1-3H3,(H2,14,18). The molecule has 5 heteroatoms. The Bertz CT molecular complexity index is 448. The summed E-state index contributed by atoms with van der Waals surface area (Å²) >= 11 is 4.90. The number of nitrogens with zero attached hydrogens (tertiary/aromatic N) is 1. The number of amides is 1. The van der Waals surface area contributed by atoms with Gasteiger partial charge in [0, 0.05) is 25.3 Å². The number of carbonyl (C=O) groups is 1. The monoisotopic (exact) mass is 266 g/mol. The minimum absolute atomic E-state index is 0.0102. The van der Waals surface area contributed by atoms with Crippen LogP contribution in [0.15, 0.2) is 24.3 Å². The van der Waals surface area contributed by atoms with Gasteiger partial charge in [-0.3, -0.25) is 4.79 Å². The first kappa shape index (κ1) is 14.6. The van der Waals surface area contributed by atoms with Crippen LogP contribution in [0.2, 0.25) is 0 Å². The van der Waals surface area contributed by atoms with Crippen molar-refractivity contribution in [2.24, 2.45) is 5.73 Å². The number of hydrogen-bond acceptors (Lipinski definition) is 3. The lowest BCUT2D eigenvalue weighted by molar-refractivity contribution is 0.0633. The van der Waals surface area contributed by atoms with Gasteiger partial charge in [0.25, 0.3) is 5.91 Å². The molecule has 0 saturated heterocycles. The molecule has 0 aromatic heterocycles. The molecule has 1 aromatic rings. The van der Waals surface area contributed by atoms with E-state index in [2.05, 4.69) is 0 Å². The molecule has 0 fully saturated rings. The van der Waals surface area contributed by atoms with E-state index in [1.807, 2.05) is 6.92 Å². The molecule has 4 nitrogen and oxygen atoms in total. The summed E-state index contributed by atoms with van der Waals surface area (Å²) < 4.78 is 5.04. The van der Waals surface area contributed by atoms with Crippen molar-refractivity contribution in [1.29, 1.82) is 0 Å². The predicted octanol–water partition coefficient (Wildman–Crippen LogP) is 1.43. The number of methoxy groups -OCH3 is 1. The molecular weight excluding hydrogens is 248 g/mol. The Morgan fingerprint density at radius 1 is 1.50 bits per heavy atom. The number of hydrogen-bond donors (Lipinski definition) is 1. The van der Waals surface area contributed by atoms with Crippen molar-refractivity contribution in [3.05, 3.63) is 35.4 Å².